The third-order valence-electron chi connectivity index (χ3n) is 4.47. The van der Waals surface area contributed by atoms with Crippen LogP contribution in [0.25, 0.3) is 0 Å². The molecule has 1 fully saturated rings. The van der Waals surface area contributed by atoms with Crippen molar-refractivity contribution in [3.05, 3.63) is 29.3 Å². The standard InChI is InChI=1S/C18H28N2O/c1-14-9-10-15(2)17(13-14)19-18(21)16(3)20-11-7-5-4-6-8-12-20/h9-10,13,16H,4-8,11-12H2,1-3H3,(H,19,21)/t16-/m0/s1. The molecule has 0 aliphatic carbocycles. The minimum Gasteiger partial charge on any atom is -0.324 e. The molecule has 0 saturated carbocycles. The van der Waals surface area contributed by atoms with Crippen molar-refractivity contribution in [3.8, 4) is 0 Å². The molecule has 21 heavy (non-hydrogen) atoms. The van der Waals surface area contributed by atoms with E-state index in [-0.39, 0.29) is 11.9 Å². The fourth-order valence-electron chi connectivity index (χ4n) is 2.93. The van der Waals surface area contributed by atoms with Crippen molar-refractivity contribution in [1.29, 1.82) is 0 Å². The van der Waals surface area contributed by atoms with Gasteiger partial charge in [0.1, 0.15) is 0 Å². The van der Waals surface area contributed by atoms with E-state index >= 15 is 0 Å². The lowest BCUT2D eigenvalue weighted by atomic mass is 10.1. The Kier molecular flexibility index (Phi) is 5.80. The Hall–Kier alpha value is -1.35. The highest BCUT2D eigenvalue weighted by Gasteiger charge is 2.22. The first-order chi connectivity index (χ1) is 10.1. The molecule has 0 radical (unpaired) electrons. The van der Waals surface area contributed by atoms with E-state index < -0.39 is 0 Å². The Morgan fingerprint density at radius 1 is 1.10 bits per heavy atom. The molecule has 1 N–H and O–H groups in total. The molecule has 2 rings (SSSR count). The van der Waals surface area contributed by atoms with Gasteiger partial charge in [-0.3, -0.25) is 9.69 Å². The molecule has 1 atom stereocenters. The number of anilines is 1. The SMILES string of the molecule is Cc1ccc(C)c(NC(=O)[C@H](C)N2CCCCCCC2)c1. The van der Waals surface area contributed by atoms with E-state index in [1.54, 1.807) is 0 Å². The normalized spacial score (nSPS) is 18.6. The first-order valence-electron chi connectivity index (χ1n) is 8.20. The number of nitrogens with one attached hydrogen (secondary N) is 1. The number of carbonyl (C=O) groups excluding carboxylic acids is 1. The molecule has 0 aromatic heterocycles. The zero-order valence-corrected chi connectivity index (χ0v) is 13.6. The second kappa shape index (κ2) is 7.60. The fraction of sp³-hybridized carbons (Fsp3) is 0.611. The summed E-state index contributed by atoms with van der Waals surface area (Å²) in [5.74, 6) is 0.115. The van der Waals surface area contributed by atoms with E-state index in [0.29, 0.717) is 0 Å². The lowest BCUT2D eigenvalue weighted by Crippen LogP contribution is -2.43. The highest BCUT2D eigenvalue weighted by molar-refractivity contribution is 5.95. The second-order valence-corrected chi connectivity index (χ2v) is 6.29. The van der Waals surface area contributed by atoms with Crippen LogP contribution in [0.3, 0.4) is 0 Å². The van der Waals surface area contributed by atoms with Gasteiger partial charge in [0, 0.05) is 5.69 Å². The number of rotatable bonds is 3. The van der Waals surface area contributed by atoms with Crippen LogP contribution in [-0.4, -0.2) is 29.9 Å². The van der Waals surface area contributed by atoms with Crippen LogP contribution in [-0.2, 0) is 4.79 Å². The maximum atomic E-state index is 12.5. The summed E-state index contributed by atoms with van der Waals surface area (Å²) in [6.45, 7) is 8.21. The quantitative estimate of drug-likeness (QED) is 0.915. The number of amides is 1. The van der Waals surface area contributed by atoms with Gasteiger partial charge >= 0.3 is 0 Å². The van der Waals surface area contributed by atoms with Crippen LogP contribution < -0.4 is 5.32 Å². The van der Waals surface area contributed by atoms with Crippen LogP contribution in [0.5, 0.6) is 0 Å². The Morgan fingerprint density at radius 3 is 2.38 bits per heavy atom. The molecular weight excluding hydrogens is 260 g/mol. The maximum Gasteiger partial charge on any atom is 0.241 e. The van der Waals surface area contributed by atoms with Crippen molar-refractivity contribution in [3.63, 3.8) is 0 Å². The lowest BCUT2D eigenvalue weighted by molar-refractivity contribution is -0.120. The molecule has 0 spiro atoms. The Labute approximate surface area is 128 Å². The largest absolute Gasteiger partial charge is 0.324 e. The van der Waals surface area contributed by atoms with Crippen molar-refractivity contribution < 1.29 is 4.79 Å². The average molecular weight is 288 g/mol. The van der Waals surface area contributed by atoms with Crippen LogP contribution in [0.15, 0.2) is 18.2 Å². The van der Waals surface area contributed by atoms with Gasteiger partial charge in [-0.25, -0.2) is 0 Å². The Bertz CT molecular complexity index is 476. The number of carbonyl (C=O) groups is 1. The van der Waals surface area contributed by atoms with Gasteiger partial charge < -0.3 is 5.32 Å². The van der Waals surface area contributed by atoms with Crippen molar-refractivity contribution in [1.82, 2.24) is 4.90 Å². The lowest BCUT2D eigenvalue weighted by Gasteiger charge is -2.29. The van der Waals surface area contributed by atoms with Gasteiger partial charge in [0.25, 0.3) is 0 Å². The number of likely N-dealkylation sites (tertiary alicyclic amines) is 1. The van der Waals surface area contributed by atoms with Crippen LogP contribution in [0.2, 0.25) is 0 Å². The topological polar surface area (TPSA) is 32.3 Å². The van der Waals surface area contributed by atoms with Gasteiger partial charge in [-0.15, -0.1) is 0 Å². The minimum atomic E-state index is -0.0528. The third-order valence-corrected chi connectivity index (χ3v) is 4.47. The molecular formula is C18H28N2O. The summed E-state index contributed by atoms with van der Waals surface area (Å²) in [7, 11) is 0. The summed E-state index contributed by atoms with van der Waals surface area (Å²) in [6, 6.07) is 6.13. The second-order valence-electron chi connectivity index (χ2n) is 6.29. The highest BCUT2D eigenvalue weighted by Crippen LogP contribution is 2.18. The molecule has 3 heteroatoms. The molecule has 1 aliphatic rings. The van der Waals surface area contributed by atoms with E-state index in [1.165, 1.54) is 37.7 Å². The average Bonchev–Trinajstić information content (AvgIpc) is 2.42. The van der Waals surface area contributed by atoms with E-state index in [4.69, 9.17) is 0 Å². The van der Waals surface area contributed by atoms with Crippen molar-refractivity contribution >= 4 is 11.6 Å². The smallest absolute Gasteiger partial charge is 0.241 e. The molecule has 116 valence electrons. The summed E-state index contributed by atoms with van der Waals surface area (Å²) >= 11 is 0. The monoisotopic (exact) mass is 288 g/mol. The van der Waals surface area contributed by atoms with Gasteiger partial charge in [-0.05, 0) is 63.9 Å². The first-order valence-corrected chi connectivity index (χ1v) is 8.20. The zero-order chi connectivity index (χ0) is 15.2. The number of benzene rings is 1. The van der Waals surface area contributed by atoms with Gasteiger partial charge in [-0.1, -0.05) is 31.4 Å². The third kappa shape index (κ3) is 4.57. The summed E-state index contributed by atoms with van der Waals surface area (Å²) in [4.78, 5) is 14.9. The summed E-state index contributed by atoms with van der Waals surface area (Å²) in [5, 5.41) is 3.10. The Balaban J connectivity index is 1.99. The molecule has 1 aromatic carbocycles. The molecule has 1 amide bonds. The van der Waals surface area contributed by atoms with E-state index in [0.717, 1.165) is 24.3 Å². The van der Waals surface area contributed by atoms with Gasteiger partial charge in [0.05, 0.1) is 6.04 Å². The van der Waals surface area contributed by atoms with Gasteiger partial charge in [0.15, 0.2) is 0 Å². The van der Waals surface area contributed by atoms with Crippen molar-refractivity contribution in [2.24, 2.45) is 0 Å². The highest BCUT2D eigenvalue weighted by atomic mass is 16.2. The minimum absolute atomic E-state index is 0.0528. The zero-order valence-electron chi connectivity index (χ0n) is 13.6. The summed E-state index contributed by atoms with van der Waals surface area (Å²) < 4.78 is 0. The van der Waals surface area contributed by atoms with Crippen LogP contribution in [0.1, 0.15) is 50.2 Å². The fourth-order valence-corrected chi connectivity index (χ4v) is 2.93. The summed E-state index contributed by atoms with van der Waals surface area (Å²) in [5.41, 5.74) is 3.24. The van der Waals surface area contributed by atoms with Crippen LogP contribution >= 0.6 is 0 Å². The van der Waals surface area contributed by atoms with Crippen molar-refractivity contribution in [2.45, 2.75) is 58.9 Å². The number of hydrogen-bond acceptors (Lipinski definition) is 2. The molecule has 1 heterocycles. The number of nitrogens with zero attached hydrogens (tertiary/aromatic N) is 1. The first kappa shape index (κ1) is 16.0. The van der Waals surface area contributed by atoms with Crippen LogP contribution in [0, 0.1) is 13.8 Å². The molecule has 0 bridgehead atoms. The van der Waals surface area contributed by atoms with Gasteiger partial charge in [0.2, 0.25) is 5.91 Å². The predicted octanol–water partition coefficient (Wildman–Crippen LogP) is 3.90. The molecule has 1 aromatic rings. The van der Waals surface area contributed by atoms with Crippen LogP contribution in [0.4, 0.5) is 5.69 Å². The van der Waals surface area contributed by atoms with Gasteiger partial charge in [-0.2, -0.15) is 0 Å². The maximum absolute atomic E-state index is 12.5. The molecule has 0 unspecified atom stereocenters. The van der Waals surface area contributed by atoms with E-state index in [9.17, 15) is 4.79 Å². The molecule has 3 nitrogen and oxygen atoms in total. The number of aryl methyl sites for hydroxylation is 2. The summed E-state index contributed by atoms with van der Waals surface area (Å²) in [6.07, 6.45) is 6.35. The van der Waals surface area contributed by atoms with E-state index in [1.807, 2.05) is 19.9 Å². The van der Waals surface area contributed by atoms with E-state index in [2.05, 4.69) is 29.3 Å². The number of hydrogen-bond donors (Lipinski definition) is 1. The predicted molar refractivity (Wildman–Crippen MR) is 88.7 cm³/mol. The molecule has 1 aliphatic heterocycles. The van der Waals surface area contributed by atoms with Crippen molar-refractivity contribution in [2.75, 3.05) is 18.4 Å². The Morgan fingerprint density at radius 2 is 1.71 bits per heavy atom. The molecule has 1 saturated heterocycles.